The van der Waals surface area contributed by atoms with Crippen molar-refractivity contribution in [2.75, 3.05) is 0 Å². The molecule has 0 bridgehead atoms. The van der Waals surface area contributed by atoms with Crippen LogP contribution in [0, 0.1) is 0 Å². The van der Waals surface area contributed by atoms with Crippen LogP contribution in [0.25, 0.3) is 11.6 Å². The van der Waals surface area contributed by atoms with E-state index in [1.807, 2.05) is 30.3 Å². The lowest BCUT2D eigenvalue weighted by molar-refractivity contribution is 0.0696. The van der Waals surface area contributed by atoms with Crippen molar-refractivity contribution >= 4 is 17.6 Å². The predicted molar refractivity (Wildman–Crippen MR) is 120 cm³/mol. The van der Waals surface area contributed by atoms with Crippen molar-refractivity contribution in [3.8, 4) is 0 Å². The topological polar surface area (TPSA) is 37.3 Å². The third-order valence-electron chi connectivity index (χ3n) is 5.11. The number of allylic oxidation sites excluding steroid dienone is 1. The normalized spacial score (nSPS) is 12.2. The van der Waals surface area contributed by atoms with Crippen LogP contribution in [0.15, 0.2) is 42.5 Å². The Balaban J connectivity index is 2.81. The molecule has 0 aromatic heterocycles. The van der Waals surface area contributed by atoms with Gasteiger partial charge in [-0.05, 0) is 58.6 Å². The first-order valence-corrected chi connectivity index (χ1v) is 10.4. The van der Waals surface area contributed by atoms with Gasteiger partial charge in [0.1, 0.15) is 0 Å². The molecule has 2 aromatic carbocycles. The predicted octanol–water partition coefficient (Wildman–Crippen LogP) is 7.37. The lowest BCUT2D eigenvalue weighted by Crippen LogP contribution is -2.18. The van der Waals surface area contributed by atoms with Crippen LogP contribution in [-0.2, 0) is 11.8 Å². The van der Waals surface area contributed by atoms with E-state index in [0.717, 1.165) is 48.8 Å². The fourth-order valence-electron chi connectivity index (χ4n) is 3.79. The van der Waals surface area contributed by atoms with Gasteiger partial charge in [0.15, 0.2) is 0 Å². The minimum Gasteiger partial charge on any atom is -0.478 e. The SMILES string of the molecule is CCCCC(=Cc1ccccc1)c1c(C(=O)O)ccc(C(C)(C)C)c1CCC. The summed E-state index contributed by atoms with van der Waals surface area (Å²) in [5.74, 6) is -0.844. The zero-order valence-electron chi connectivity index (χ0n) is 18.0. The van der Waals surface area contributed by atoms with Crippen LogP contribution < -0.4 is 0 Å². The first-order valence-electron chi connectivity index (χ1n) is 10.4. The molecule has 0 amide bonds. The van der Waals surface area contributed by atoms with E-state index >= 15 is 0 Å². The largest absolute Gasteiger partial charge is 0.478 e. The molecule has 0 aliphatic rings. The van der Waals surface area contributed by atoms with Gasteiger partial charge in [-0.3, -0.25) is 0 Å². The molecule has 0 aliphatic heterocycles. The summed E-state index contributed by atoms with van der Waals surface area (Å²) in [6, 6.07) is 14.1. The first-order chi connectivity index (χ1) is 13.3. The lowest BCUT2D eigenvalue weighted by atomic mass is 9.77. The number of carbonyl (C=O) groups is 1. The van der Waals surface area contributed by atoms with E-state index in [-0.39, 0.29) is 5.41 Å². The molecular formula is C26H34O2. The number of aromatic carboxylic acids is 1. The molecule has 0 atom stereocenters. The fraction of sp³-hybridized carbons (Fsp3) is 0.423. The van der Waals surface area contributed by atoms with E-state index in [1.54, 1.807) is 0 Å². The number of carboxylic acids is 1. The lowest BCUT2D eigenvalue weighted by Gasteiger charge is -2.27. The molecule has 0 spiro atoms. The van der Waals surface area contributed by atoms with Gasteiger partial charge in [-0.1, -0.05) is 89.9 Å². The van der Waals surface area contributed by atoms with Crippen LogP contribution >= 0.6 is 0 Å². The molecule has 28 heavy (non-hydrogen) atoms. The summed E-state index contributed by atoms with van der Waals surface area (Å²) in [6.07, 6.45) is 7.07. The minimum atomic E-state index is -0.844. The highest BCUT2D eigenvalue weighted by molar-refractivity contribution is 5.98. The molecule has 2 heteroatoms. The van der Waals surface area contributed by atoms with Crippen molar-refractivity contribution in [2.24, 2.45) is 0 Å². The highest BCUT2D eigenvalue weighted by Gasteiger charge is 2.25. The Bertz CT molecular complexity index is 824. The van der Waals surface area contributed by atoms with E-state index in [9.17, 15) is 9.90 Å². The molecule has 0 saturated carbocycles. The summed E-state index contributed by atoms with van der Waals surface area (Å²) < 4.78 is 0. The Morgan fingerprint density at radius 2 is 1.68 bits per heavy atom. The smallest absolute Gasteiger partial charge is 0.336 e. The third-order valence-corrected chi connectivity index (χ3v) is 5.11. The second-order valence-electron chi connectivity index (χ2n) is 8.50. The van der Waals surface area contributed by atoms with Gasteiger partial charge in [-0.25, -0.2) is 4.79 Å². The van der Waals surface area contributed by atoms with Gasteiger partial charge in [0.2, 0.25) is 0 Å². The molecular weight excluding hydrogens is 344 g/mol. The van der Waals surface area contributed by atoms with E-state index in [0.29, 0.717) is 5.56 Å². The summed E-state index contributed by atoms with van der Waals surface area (Å²) in [4.78, 5) is 12.1. The monoisotopic (exact) mass is 378 g/mol. The van der Waals surface area contributed by atoms with Gasteiger partial charge < -0.3 is 5.11 Å². The highest BCUT2D eigenvalue weighted by atomic mass is 16.4. The van der Waals surface area contributed by atoms with Gasteiger partial charge in [0.25, 0.3) is 0 Å². The first kappa shape index (κ1) is 21.9. The molecule has 0 heterocycles. The van der Waals surface area contributed by atoms with E-state index < -0.39 is 5.97 Å². The number of carboxylic acid groups (broad SMARTS) is 1. The Kier molecular flexibility index (Phi) is 7.62. The number of hydrogen-bond donors (Lipinski definition) is 1. The van der Waals surface area contributed by atoms with Gasteiger partial charge in [0, 0.05) is 0 Å². The second kappa shape index (κ2) is 9.73. The Hall–Kier alpha value is -2.35. The van der Waals surface area contributed by atoms with Crippen LogP contribution in [0.4, 0.5) is 0 Å². The molecule has 2 nitrogen and oxygen atoms in total. The maximum atomic E-state index is 12.1. The van der Waals surface area contributed by atoms with Crippen molar-refractivity contribution in [3.63, 3.8) is 0 Å². The average Bonchev–Trinajstić information content (AvgIpc) is 2.65. The minimum absolute atomic E-state index is 0.0289. The van der Waals surface area contributed by atoms with Crippen LogP contribution in [0.5, 0.6) is 0 Å². The van der Waals surface area contributed by atoms with Crippen LogP contribution in [0.1, 0.15) is 92.9 Å². The molecule has 2 aromatic rings. The molecule has 0 unspecified atom stereocenters. The van der Waals surface area contributed by atoms with E-state index in [2.05, 4.69) is 52.8 Å². The summed E-state index contributed by atoms with van der Waals surface area (Å²) in [7, 11) is 0. The van der Waals surface area contributed by atoms with Crippen LogP contribution in [0.2, 0.25) is 0 Å². The zero-order chi connectivity index (χ0) is 20.7. The molecule has 0 aliphatic carbocycles. The van der Waals surface area contributed by atoms with Gasteiger partial charge in [-0.2, -0.15) is 0 Å². The molecule has 0 saturated heterocycles. The van der Waals surface area contributed by atoms with Crippen molar-refractivity contribution in [1.29, 1.82) is 0 Å². The number of benzene rings is 2. The van der Waals surface area contributed by atoms with Crippen molar-refractivity contribution < 1.29 is 9.90 Å². The van der Waals surface area contributed by atoms with E-state index in [1.165, 1.54) is 11.1 Å². The fourth-order valence-corrected chi connectivity index (χ4v) is 3.79. The molecule has 150 valence electrons. The van der Waals surface area contributed by atoms with Crippen LogP contribution in [0.3, 0.4) is 0 Å². The maximum absolute atomic E-state index is 12.1. The highest BCUT2D eigenvalue weighted by Crippen LogP contribution is 2.37. The number of unbranched alkanes of at least 4 members (excludes halogenated alkanes) is 1. The molecule has 1 N–H and O–H groups in total. The van der Waals surface area contributed by atoms with Gasteiger partial charge in [-0.15, -0.1) is 0 Å². The zero-order valence-corrected chi connectivity index (χ0v) is 18.0. The van der Waals surface area contributed by atoms with Gasteiger partial charge >= 0.3 is 5.97 Å². The Labute approximate surface area is 170 Å². The van der Waals surface area contributed by atoms with Crippen LogP contribution in [-0.4, -0.2) is 11.1 Å². The third kappa shape index (κ3) is 5.34. The maximum Gasteiger partial charge on any atom is 0.336 e. The molecule has 0 radical (unpaired) electrons. The van der Waals surface area contributed by atoms with E-state index in [4.69, 9.17) is 0 Å². The van der Waals surface area contributed by atoms with Crippen molar-refractivity contribution in [1.82, 2.24) is 0 Å². The summed E-state index contributed by atoms with van der Waals surface area (Å²) in [6.45, 7) is 11.0. The Morgan fingerprint density at radius 1 is 1.00 bits per heavy atom. The number of hydrogen-bond acceptors (Lipinski definition) is 1. The van der Waals surface area contributed by atoms with Gasteiger partial charge in [0.05, 0.1) is 5.56 Å². The molecule has 2 rings (SSSR count). The van der Waals surface area contributed by atoms with Crippen molar-refractivity contribution in [3.05, 3.63) is 70.3 Å². The quantitative estimate of drug-likeness (QED) is 0.487. The Morgan fingerprint density at radius 3 is 2.21 bits per heavy atom. The summed E-state index contributed by atoms with van der Waals surface area (Å²) in [5.41, 5.74) is 6.05. The molecule has 0 fully saturated rings. The van der Waals surface area contributed by atoms with Crippen molar-refractivity contribution in [2.45, 2.75) is 72.1 Å². The summed E-state index contributed by atoms with van der Waals surface area (Å²) >= 11 is 0. The average molecular weight is 379 g/mol. The number of rotatable bonds is 8. The summed E-state index contributed by atoms with van der Waals surface area (Å²) in [5, 5.41) is 9.97. The standard InChI is InChI=1S/C26H34O2/c1-6-8-15-20(18-19-13-10-9-11-14-19)24-21(12-7-2)23(26(3,4)5)17-16-22(24)25(27)28/h9-11,13-14,16-18H,6-8,12,15H2,1-5H3,(H,27,28). The second-order valence-corrected chi connectivity index (χ2v) is 8.50.